The van der Waals surface area contributed by atoms with E-state index in [1.165, 1.54) is 12.1 Å². The van der Waals surface area contributed by atoms with E-state index in [9.17, 15) is 18.0 Å². The highest BCUT2D eigenvalue weighted by Crippen LogP contribution is 2.49. The lowest BCUT2D eigenvalue weighted by Gasteiger charge is -2.30. The average Bonchev–Trinajstić information content (AvgIpc) is 3.20. The maximum absolute atomic E-state index is 14.2. The minimum atomic E-state index is -4.71. The minimum absolute atomic E-state index is 0.0841. The molecule has 1 fully saturated rings. The molecule has 5 nitrogen and oxygen atoms in total. The van der Waals surface area contributed by atoms with Gasteiger partial charge in [-0.05, 0) is 54.8 Å². The fourth-order valence-corrected chi connectivity index (χ4v) is 4.44. The Hall–Kier alpha value is -2.58. The van der Waals surface area contributed by atoms with Crippen LogP contribution < -0.4 is 5.32 Å². The van der Waals surface area contributed by atoms with Gasteiger partial charge in [0.1, 0.15) is 0 Å². The number of piperazine rings is 1. The summed E-state index contributed by atoms with van der Waals surface area (Å²) in [5.41, 5.74) is -0.231. The lowest BCUT2D eigenvalue weighted by Crippen LogP contribution is -2.46. The molecule has 0 aliphatic carbocycles. The highest BCUT2D eigenvalue weighted by molar-refractivity contribution is 6.30. The van der Waals surface area contributed by atoms with Crippen molar-refractivity contribution in [1.29, 1.82) is 0 Å². The average molecular weight is 466 g/mol. The van der Waals surface area contributed by atoms with Gasteiger partial charge in [-0.1, -0.05) is 28.9 Å². The predicted molar refractivity (Wildman–Crippen MR) is 116 cm³/mol. The molecule has 0 aromatic heterocycles. The molecular weight excluding hydrogens is 443 g/mol. The molecule has 4 rings (SSSR count). The molecule has 2 aliphatic heterocycles. The SMILES string of the molecule is Cc1cc(Cl)cc(C2(C(F)(F)F)CC(c3ccc(C(=O)N4CCNCC4)c(C)c3)=NO2)c1. The molecule has 170 valence electrons. The van der Waals surface area contributed by atoms with Crippen molar-refractivity contribution in [2.24, 2.45) is 5.16 Å². The van der Waals surface area contributed by atoms with Crippen LogP contribution in [0.25, 0.3) is 0 Å². The number of carbonyl (C=O) groups is 1. The standard InChI is InChI=1S/C23H23ClF3N3O2/c1-14-9-17(12-18(24)10-14)22(23(25,26)27)13-20(29-32-22)16-3-4-19(15(2)11-16)21(31)30-7-5-28-6-8-30/h3-4,9-12,28H,5-8,13H2,1-2H3. The van der Waals surface area contributed by atoms with E-state index < -0.39 is 18.2 Å². The van der Waals surface area contributed by atoms with Gasteiger partial charge >= 0.3 is 6.18 Å². The topological polar surface area (TPSA) is 53.9 Å². The Kier molecular flexibility index (Phi) is 5.94. The summed E-state index contributed by atoms with van der Waals surface area (Å²) in [5.74, 6) is -0.0841. The fraction of sp³-hybridized carbons (Fsp3) is 0.391. The fourth-order valence-electron chi connectivity index (χ4n) is 4.15. The van der Waals surface area contributed by atoms with Gasteiger partial charge in [0.15, 0.2) is 0 Å². The van der Waals surface area contributed by atoms with Crippen LogP contribution in [0, 0.1) is 13.8 Å². The summed E-state index contributed by atoms with van der Waals surface area (Å²) < 4.78 is 42.6. The normalized spacial score (nSPS) is 21.3. The molecule has 0 saturated carbocycles. The van der Waals surface area contributed by atoms with E-state index >= 15 is 0 Å². The Morgan fingerprint density at radius 1 is 1.16 bits per heavy atom. The smallest absolute Gasteiger partial charge is 0.374 e. The largest absolute Gasteiger partial charge is 0.435 e. The number of nitrogens with zero attached hydrogens (tertiary/aromatic N) is 2. The number of rotatable bonds is 3. The third-order valence-electron chi connectivity index (χ3n) is 5.89. The molecule has 0 radical (unpaired) electrons. The van der Waals surface area contributed by atoms with Gasteiger partial charge in [-0.25, -0.2) is 0 Å². The van der Waals surface area contributed by atoms with Gasteiger partial charge in [0.05, 0.1) is 5.71 Å². The number of alkyl halides is 3. The first-order valence-electron chi connectivity index (χ1n) is 10.3. The Morgan fingerprint density at radius 3 is 2.50 bits per heavy atom. The van der Waals surface area contributed by atoms with Crippen LogP contribution in [0.1, 0.15) is 39.0 Å². The van der Waals surface area contributed by atoms with Crippen molar-refractivity contribution in [3.63, 3.8) is 0 Å². The second kappa shape index (κ2) is 8.41. The Bertz CT molecular complexity index is 1060. The monoisotopic (exact) mass is 465 g/mol. The van der Waals surface area contributed by atoms with E-state index in [1.807, 2.05) is 0 Å². The van der Waals surface area contributed by atoms with Gasteiger partial charge in [0.25, 0.3) is 11.5 Å². The van der Waals surface area contributed by atoms with Crippen LogP contribution in [0.3, 0.4) is 0 Å². The van der Waals surface area contributed by atoms with Crippen molar-refractivity contribution in [3.05, 3.63) is 69.2 Å². The van der Waals surface area contributed by atoms with Crippen LogP contribution in [0.5, 0.6) is 0 Å². The number of aryl methyl sites for hydroxylation is 2. The molecule has 2 aliphatic rings. The lowest BCUT2D eigenvalue weighted by atomic mass is 9.85. The summed E-state index contributed by atoms with van der Waals surface area (Å²) in [6.07, 6.45) is -5.19. The van der Waals surface area contributed by atoms with Gasteiger partial charge in [-0.2, -0.15) is 13.2 Å². The van der Waals surface area contributed by atoms with E-state index in [0.29, 0.717) is 35.3 Å². The summed E-state index contributed by atoms with van der Waals surface area (Å²) in [7, 11) is 0. The predicted octanol–water partition coefficient (Wildman–Crippen LogP) is 4.58. The van der Waals surface area contributed by atoms with E-state index in [2.05, 4.69) is 10.5 Å². The number of hydrogen-bond acceptors (Lipinski definition) is 4. The molecule has 0 spiro atoms. The molecule has 0 bridgehead atoms. The van der Waals surface area contributed by atoms with Gasteiger partial charge in [-0.15, -0.1) is 0 Å². The van der Waals surface area contributed by atoms with Crippen molar-refractivity contribution in [2.45, 2.75) is 32.0 Å². The summed E-state index contributed by atoms with van der Waals surface area (Å²) in [4.78, 5) is 19.7. The summed E-state index contributed by atoms with van der Waals surface area (Å²) in [6, 6.07) is 9.23. The first-order chi connectivity index (χ1) is 15.1. The quantitative estimate of drug-likeness (QED) is 0.721. The summed E-state index contributed by atoms with van der Waals surface area (Å²) >= 11 is 6.03. The number of carbonyl (C=O) groups excluding carboxylic acids is 1. The van der Waals surface area contributed by atoms with E-state index in [-0.39, 0.29) is 22.2 Å². The van der Waals surface area contributed by atoms with Crippen molar-refractivity contribution in [2.75, 3.05) is 26.2 Å². The zero-order valence-corrected chi connectivity index (χ0v) is 18.5. The number of oxime groups is 1. The van der Waals surface area contributed by atoms with Crippen molar-refractivity contribution < 1.29 is 22.8 Å². The number of hydrogen-bond donors (Lipinski definition) is 1. The van der Waals surface area contributed by atoms with Crippen LogP contribution >= 0.6 is 11.6 Å². The van der Waals surface area contributed by atoms with Crippen molar-refractivity contribution in [3.8, 4) is 0 Å². The molecule has 1 atom stereocenters. The molecular formula is C23H23ClF3N3O2. The van der Waals surface area contributed by atoms with E-state index in [1.54, 1.807) is 43.0 Å². The third kappa shape index (κ3) is 4.09. The van der Waals surface area contributed by atoms with E-state index in [4.69, 9.17) is 16.4 Å². The van der Waals surface area contributed by atoms with Gasteiger partial charge in [-0.3, -0.25) is 4.79 Å². The number of halogens is 4. The molecule has 1 N–H and O–H groups in total. The zero-order chi connectivity index (χ0) is 23.1. The molecule has 1 unspecified atom stereocenters. The first-order valence-corrected chi connectivity index (χ1v) is 10.7. The summed E-state index contributed by atoms with van der Waals surface area (Å²) in [5, 5.41) is 7.22. The van der Waals surface area contributed by atoms with Gasteiger partial charge < -0.3 is 15.1 Å². The van der Waals surface area contributed by atoms with Crippen LogP contribution in [0.4, 0.5) is 13.2 Å². The minimum Gasteiger partial charge on any atom is -0.374 e. The highest BCUT2D eigenvalue weighted by Gasteiger charge is 2.62. The zero-order valence-electron chi connectivity index (χ0n) is 17.7. The molecule has 2 aromatic carbocycles. The Morgan fingerprint density at radius 2 is 1.88 bits per heavy atom. The maximum atomic E-state index is 14.2. The van der Waals surface area contributed by atoms with Crippen LogP contribution in [-0.4, -0.2) is 48.9 Å². The van der Waals surface area contributed by atoms with Crippen LogP contribution in [-0.2, 0) is 10.4 Å². The second-order valence-electron chi connectivity index (χ2n) is 8.22. The summed E-state index contributed by atoms with van der Waals surface area (Å²) in [6.45, 7) is 6.15. The molecule has 9 heteroatoms. The molecule has 32 heavy (non-hydrogen) atoms. The van der Waals surface area contributed by atoms with Crippen molar-refractivity contribution >= 4 is 23.2 Å². The number of nitrogens with one attached hydrogen (secondary N) is 1. The third-order valence-corrected chi connectivity index (χ3v) is 6.11. The molecule has 1 amide bonds. The van der Waals surface area contributed by atoms with Crippen molar-refractivity contribution in [1.82, 2.24) is 10.2 Å². The van der Waals surface area contributed by atoms with Gasteiger partial charge in [0.2, 0.25) is 0 Å². The maximum Gasteiger partial charge on any atom is 0.435 e. The number of benzene rings is 2. The Labute approximate surface area is 189 Å². The van der Waals surface area contributed by atoms with Crippen LogP contribution in [0.15, 0.2) is 41.6 Å². The molecule has 2 heterocycles. The molecule has 2 aromatic rings. The second-order valence-corrected chi connectivity index (χ2v) is 8.66. The lowest BCUT2D eigenvalue weighted by molar-refractivity contribution is -0.275. The van der Waals surface area contributed by atoms with E-state index in [0.717, 1.165) is 13.1 Å². The molecule has 1 saturated heterocycles. The first kappa shape index (κ1) is 22.6. The van der Waals surface area contributed by atoms with Gasteiger partial charge in [0, 0.05) is 48.7 Å². The highest BCUT2D eigenvalue weighted by atomic mass is 35.5. The van der Waals surface area contributed by atoms with Crippen LogP contribution in [0.2, 0.25) is 5.02 Å². The number of amides is 1. The Balaban J connectivity index is 1.62.